The Morgan fingerprint density at radius 1 is 1.32 bits per heavy atom. The van der Waals surface area contributed by atoms with Crippen molar-refractivity contribution < 1.29 is 13.9 Å². The van der Waals surface area contributed by atoms with Gasteiger partial charge in [0, 0.05) is 6.54 Å². The van der Waals surface area contributed by atoms with Gasteiger partial charge < -0.3 is 15.8 Å². The van der Waals surface area contributed by atoms with E-state index in [9.17, 15) is 9.18 Å². The van der Waals surface area contributed by atoms with Crippen molar-refractivity contribution in [2.75, 3.05) is 13.2 Å². The summed E-state index contributed by atoms with van der Waals surface area (Å²) in [5.41, 5.74) is 5.48. The Labute approximate surface area is 112 Å². The van der Waals surface area contributed by atoms with E-state index in [4.69, 9.17) is 10.5 Å². The predicted molar refractivity (Wildman–Crippen MR) is 70.3 cm³/mol. The maximum Gasteiger partial charge on any atom is 0.258 e. The number of rotatable bonds is 5. The number of nitrogens with one attached hydrogen (secondary N) is 1. The van der Waals surface area contributed by atoms with E-state index >= 15 is 0 Å². The van der Waals surface area contributed by atoms with Crippen molar-refractivity contribution in [3.63, 3.8) is 0 Å². The SMILES string of the molecule is NCC1(NC(=O)COc2ccc(F)cc2)CCCC1. The lowest BCUT2D eigenvalue weighted by Gasteiger charge is -2.28. The van der Waals surface area contributed by atoms with Gasteiger partial charge in [0.05, 0.1) is 5.54 Å². The first-order valence-electron chi connectivity index (χ1n) is 6.53. The number of hydrogen-bond acceptors (Lipinski definition) is 3. The summed E-state index contributed by atoms with van der Waals surface area (Å²) in [7, 11) is 0. The molecule has 1 aliphatic rings. The normalized spacial score (nSPS) is 17.2. The third-order valence-corrected chi connectivity index (χ3v) is 3.54. The Morgan fingerprint density at radius 2 is 1.95 bits per heavy atom. The largest absolute Gasteiger partial charge is 0.484 e. The lowest BCUT2D eigenvalue weighted by Crippen LogP contribution is -2.52. The summed E-state index contributed by atoms with van der Waals surface area (Å²) in [6.45, 7) is 0.378. The van der Waals surface area contributed by atoms with E-state index in [1.165, 1.54) is 24.3 Å². The average molecular weight is 266 g/mol. The summed E-state index contributed by atoms with van der Waals surface area (Å²) in [6.07, 6.45) is 4.03. The van der Waals surface area contributed by atoms with Crippen molar-refractivity contribution in [3.05, 3.63) is 30.1 Å². The van der Waals surface area contributed by atoms with Crippen molar-refractivity contribution >= 4 is 5.91 Å². The van der Waals surface area contributed by atoms with Gasteiger partial charge in [0.2, 0.25) is 0 Å². The molecule has 1 aliphatic carbocycles. The van der Waals surface area contributed by atoms with Crippen LogP contribution in [0.15, 0.2) is 24.3 Å². The molecule has 0 aromatic heterocycles. The molecule has 0 heterocycles. The fraction of sp³-hybridized carbons (Fsp3) is 0.500. The van der Waals surface area contributed by atoms with Crippen molar-refractivity contribution in [1.82, 2.24) is 5.32 Å². The third-order valence-electron chi connectivity index (χ3n) is 3.54. The Morgan fingerprint density at radius 3 is 2.53 bits per heavy atom. The maximum atomic E-state index is 12.7. The topological polar surface area (TPSA) is 64.3 Å². The van der Waals surface area contributed by atoms with Crippen LogP contribution in [0.3, 0.4) is 0 Å². The number of ether oxygens (including phenoxy) is 1. The molecule has 19 heavy (non-hydrogen) atoms. The fourth-order valence-electron chi connectivity index (χ4n) is 2.44. The number of nitrogens with two attached hydrogens (primary N) is 1. The van der Waals surface area contributed by atoms with Gasteiger partial charge in [-0.25, -0.2) is 4.39 Å². The molecule has 0 saturated heterocycles. The van der Waals surface area contributed by atoms with E-state index in [1.54, 1.807) is 0 Å². The summed E-state index contributed by atoms with van der Waals surface area (Å²) in [6, 6.07) is 5.59. The van der Waals surface area contributed by atoms with Crippen molar-refractivity contribution in [1.29, 1.82) is 0 Å². The van der Waals surface area contributed by atoms with Crippen LogP contribution in [0.2, 0.25) is 0 Å². The van der Waals surface area contributed by atoms with Gasteiger partial charge in [-0.15, -0.1) is 0 Å². The summed E-state index contributed by atoms with van der Waals surface area (Å²) in [5, 5.41) is 2.96. The van der Waals surface area contributed by atoms with Crippen molar-refractivity contribution in [2.24, 2.45) is 5.73 Å². The minimum absolute atomic E-state index is 0.0760. The molecule has 1 saturated carbocycles. The summed E-state index contributed by atoms with van der Waals surface area (Å²) >= 11 is 0. The second-order valence-electron chi connectivity index (χ2n) is 4.98. The van der Waals surface area contributed by atoms with Crippen molar-refractivity contribution in [3.8, 4) is 5.75 Å². The van der Waals surface area contributed by atoms with Crippen LogP contribution in [-0.2, 0) is 4.79 Å². The second-order valence-corrected chi connectivity index (χ2v) is 4.98. The Hall–Kier alpha value is -1.62. The Kier molecular flexibility index (Phi) is 4.37. The summed E-state index contributed by atoms with van der Waals surface area (Å²) in [5.74, 6) is -0.0358. The molecular formula is C14H19FN2O2. The molecule has 1 fully saturated rings. The number of carbonyl (C=O) groups is 1. The van der Waals surface area contributed by atoms with Gasteiger partial charge in [0.15, 0.2) is 6.61 Å². The van der Waals surface area contributed by atoms with E-state index in [0.717, 1.165) is 25.7 Å². The maximum absolute atomic E-state index is 12.7. The minimum atomic E-state index is -0.329. The van der Waals surface area contributed by atoms with Crippen LogP contribution < -0.4 is 15.8 Å². The van der Waals surface area contributed by atoms with Gasteiger partial charge in [0.25, 0.3) is 5.91 Å². The molecule has 0 atom stereocenters. The lowest BCUT2D eigenvalue weighted by molar-refractivity contribution is -0.124. The second kappa shape index (κ2) is 6.02. The zero-order valence-corrected chi connectivity index (χ0v) is 10.8. The predicted octanol–water partition coefficient (Wildman–Crippen LogP) is 1.59. The molecule has 1 aromatic carbocycles. The van der Waals surface area contributed by atoms with Crippen LogP contribution in [0.5, 0.6) is 5.75 Å². The third kappa shape index (κ3) is 3.67. The van der Waals surface area contributed by atoms with Crippen LogP contribution in [0.4, 0.5) is 4.39 Å². The fourth-order valence-corrected chi connectivity index (χ4v) is 2.44. The zero-order valence-electron chi connectivity index (χ0n) is 10.8. The van der Waals surface area contributed by atoms with Crippen LogP contribution in [0, 0.1) is 5.82 Å². The van der Waals surface area contributed by atoms with Crippen LogP contribution in [0.25, 0.3) is 0 Å². The Balaban J connectivity index is 1.82. The van der Waals surface area contributed by atoms with Crippen LogP contribution in [0.1, 0.15) is 25.7 Å². The molecule has 1 aromatic rings. The zero-order chi connectivity index (χ0) is 13.7. The molecule has 0 unspecified atom stereocenters. The van der Waals surface area contributed by atoms with Gasteiger partial charge >= 0.3 is 0 Å². The van der Waals surface area contributed by atoms with E-state index in [1.807, 2.05) is 0 Å². The molecule has 0 spiro atoms. The number of benzene rings is 1. The highest BCUT2D eigenvalue weighted by Gasteiger charge is 2.33. The van der Waals surface area contributed by atoms with E-state index in [-0.39, 0.29) is 23.9 Å². The molecule has 2 rings (SSSR count). The lowest BCUT2D eigenvalue weighted by atomic mass is 9.98. The van der Waals surface area contributed by atoms with Crippen LogP contribution >= 0.6 is 0 Å². The van der Waals surface area contributed by atoms with Crippen molar-refractivity contribution in [2.45, 2.75) is 31.2 Å². The standard InChI is InChI=1S/C14H19FN2O2/c15-11-3-5-12(6-4-11)19-9-13(18)17-14(10-16)7-1-2-8-14/h3-6H,1-2,7-10,16H2,(H,17,18). The molecule has 3 N–H and O–H groups in total. The minimum Gasteiger partial charge on any atom is -0.484 e. The van der Waals surface area contributed by atoms with E-state index in [2.05, 4.69) is 5.32 Å². The molecule has 0 radical (unpaired) electrons. The first kappa shape index (κ1) is 13.8. The Bertz CT molecular complexity index is 428. The number of amides is 1. The highest BCUT2D eigenvalue weighted by Crippen LogP contribution is 2.28. The van der Waals surface area contributed by atoms with Gasteiger partial charge in [0.1, 0.15) is 11.6 Å². The van der Waals surface area contributed by atoms with Gasteiger partial charge in [-0.05, 0) is 37.1 Å². The smallest absolute Gasteiger partial charge is 0.258 e. The number of halogens is 1. The molecule has 0 aliphatic heterocycles. The summed E-state index contributed by atoms with van der Waals surface area (Å²) in [4.78, 5) is 11.8. The average Bonchev–Trinajstić information content (AvgIpc) is 2.87. The molecular weight excluding hydrogens is 247 g/mol. The van der Waals surface area contributed by atoms with Gasteiger partial charge in [-0.2, -0.15) is 0 Å². The molecule has 5 heteroatoms. The van der Waals surface area contributed by atoms with Crippen LogP contribution in [-0.4, -0.2) is 24.6 Å². The molecule has 104 valence electrons. The number of hydrogen-bond donors (Lipinski definition) is 2. The highest BCUT2D eigenvalue weighted by atomic mass is 19.1. The van der Waals surface area contributed by atoms with E-state index in [0.29, 0.717) is 12.3 Å². The number of carbonyl (C=O) groups excluding carboxylic acids is 1. The first-order valence-corrected chi connectivity index (χ1v) is 6.53. The summed E-state index contributed by atoms with van der Waals surface area (Å²) < 4.78 is 18.0. The quantitative estimate of drug-likeness (QED) is 0.850. The first-order chi connectivity index (χ1) is 9.13. The van der Waals surface area contributed by atoms with Gasteiger partial charge in [-0.3, -0.25) is 4.79 Å². The molecule has 1 amide bonds. The monoisotopic (exact) mass is 266 g/mol. The molecule has 4 nitrogen and oxygen atoms in total. The van der Waals surface area contributed by atoms with Gasteiger partial charge in [-0.1, -0.05) is 12.8 Å². The highest BCUT2D eigenvalue weighted by molar-refractivity contribution is 5.78. The molecule has 0 bridgehead atoms. The van der Waals surface area contributed by atoms with E-state index < -0.39 is 0 Å².